The molecule has 2 aromatic carbocycles. The van der Waals surface area contributed by atoms with Crippen LogP contribution in [-0.4, -0.2) is 31.0 Å². The molecule has 1 unspecified atom stereocenters. The first kappa shape index (κ1) is 17.0. The standard InChI is InChI=1S/C21H20BrN3O/c1-24(16-6-3-2-4-7-16)21(26)15-11-13-25(14-15)19-10-12-23-20-17(19)8-5-9-18(20)22/h2-10,12,15H,11,13-14H2,1H3. The number of carbonyl (C=O) groups excluding carboxylic acids is 1. The van der Waals surface area contributed by atoms with Gasteiger partial charge < -0.3 is 9.80 Å². The van der Waals surface area contributed by atoms with E-state index in [2.05, 4.69) is 31.9 Å². The molecule has 0 spiro atoms. The van der Waals surface area contributed by atoms with Gasteiger partial charge in [-0.15, -0.1) is 0 Å². The quantitative estimate of drug-likeness (QED) is 0.639. The highest BCUT2D eigenvalue weighted by molar-refractivity contribution is 9.10. The summed E-state index contributed by atoms with van der Waals surface area (Å²) in [6, 6.07) is 18.0. The molecule has 0 aliphatic carbocycles. The molecule has 0 bridgehead atoms. The van der Waals surface area contributed by atoms with Crippen molar-refractivity contribution in [2.75, 3.05) is 29.9 Å². The number of nitrogens with zero attached hydrogens (tertiary/aromatic N) is 3. The van der Waals surface area contributed by atoms with Crippen LogP contribution in [0.25, 0.3) is 10.9 Å². The highest BCUT2D eigenvalue weighted by atomic mass is 79.9. The molecule has 0 N–H and O–H groups in total. The molecule has 1 saturated heterocycles. The van der Waals surface area contributed by atoms with Gasteiger partial charge in [0.2, 0.25) is 5.91 Å². The maximum absolute atomic E-state index is 12.9. The molecule has 1 amide bonds. The third-order valence-corrected chi connectivity index (χ3v) is 5.69. The number of pyridine rings is 1. The Balaban J connectivity index is 1.56. The van der Waals surface area contributed by atoms with Crippen LogP contribution in [0.3, 0.4) is 0 Å². The van der Waals surface area contributed by atoms with E-state index in [4.69, 9.17) is 0 Å². The number of hydrogen-bond acceptors (Lipinski definition) is 3. The van der Waals surface area contributed by atoms with Crippen molar-refractivity contribution in [1.29, 1.82) is 0 Å². The lowest BCUT2D eigenvalue weighted by atomic mass is 10.1. The molecule has 26 heavy (non-hydrogen) atoms. The molecule has 1 aliphatic heterocycles. The Morgan fingerprint density at radius 3 is 2.77 bits per heavy atom. The van der Waals surface area contributed by atoms with Crippen molar-refractivity contribution in [2.45, 2.75) is 6.42 Å². The lowest BCUT2D eigenvalue weighted by Crippen LogP contribution is -2.34. The Kier molecular flexibility index (Phi) is 4.64. The van der Waals surface area contributed by atoms with Crippen molar-refractivity contribution < 1.29 is 4.79 Å². The molecule has 1 aromatic heterocycles. The van der Waals surface area contributed by atoms with Gasteiger partial charge in [0.15, 0.2) is 0 Å². The topological polar surface area (TPSA) is 36.4 Å². The number of aromatic nitrogens is 1. The molecule has 1 fully saturated rings. The van der Waals surface area contributed by atoms with Crippen LogP contribution in [0.5, 0.6) is 0 Å². The number of amides is 1. The summed E-state index contributed by atoms with van der Waals surface area (Å²) in [6.45, 7) is 1.62. The summed E-state index contributed by atoms with van der Waals surface area (Å²) < 4.78 is 0.993. The predicted molar refractivity (Wildman–Crippen MR) is 110 cm³/mol. The van der Waals surface area contributed by atoms with Gasteiger partial charge in [-0.3, -0.25) is 9.78 Å². The number of benzene rings is 2. The van der Waals surface area contributed by atoms with E-state index in [1.807, 2.05) is 61.8 Å². The zero-order valence-corrected chi connectivity index (χ0v) is 16.2. The summed E-state index contributed by atoms with van der Waals surface area (Å²) in [4.78, 5) is 21.5. The van der Waals surface area contributed by atoms with Gasteiger partial charge in [0.05, 0.1) is 11.4 Å². The molecule has 5 heteroatoms. The largest absolute Gasteiger partial charge is 0.370 e. The number of halogens is 1. The Labute approximate surface area is 161 Å². The van der Waals surface area contributed by atoms with Crippen LogP contribution in [0.2, 0.25) is 0 Å². The molecule has 0 saturated carbocycles. The lowest BCUT2D eigenvalue weighted by Gasteiger charge is -2.23. The fourth-order valence-electron chi connectivity index (χ4n) is 3.63. The van der Waals surface area contributed by atoms with E-state index in [9.17, 15) is 4.79 Å². The number of fused-ring (bicyclic) bond motifs is 1. The van der Waals surface area contributed by atoms with E-state index in [0.29, 0.717) is 0 Å². The molecular formula is C21H20BrN3O. The Hall–Kier alpha value is -2.40. The molecule has 2 heterocycles. The number of rotatable bonds is 3. The summed E-state index contributed by atoms with van der Waals surface area (Å²) in [5, 5.41) is 1.12. The van der Waals surface area contributed by atoms with Crippen LogP contribution >= 0.6 is 15.9 Å². The first-order chi connectivity index (χ1) is 12.6. The number of anilines is 2. The van der Waals surface area contributed by atoms with E-state index < -0.39 is 0 Å². The zero-order valence-electron chi connectivity index (χ0n) is 14.6. The van der Waals surface area contributed by atoms with Crippen molar-refractivity contribution in [3.05, 3.63) is 65.3 Å². The van der Waals surface area contributed by atoms with E-state index in [0.717, 1.165) is 46.3 Å². The van der Waals surface area contributed by atoms with Gasteiger partial charge in [-0.2, -0.15) is 0 Å². The van der Waals surface area contributed by atoms with Gasteiger partial charge >= 0.3 is 0 Å². The van der Waals surface area contributed by atoms with Gasteiger partial charge in [0.25, 0.3) is 0 Å². The minimum Gasteiger partial charge on any atom is -0.370 e. The predicted octanol–water partition coefficient (Wildman–Crippen LogP) is 4.49. The van der Waals surface area contributed by atoms with Crippen LogP contribution in [0, 0.1) is 5.92 Å². The Morgan fingerprint density at radius 2 is 1.96 bits per heavy atom. The Morgan fingerprint density at radius 1 is 1.15 bits per heavy atom. The number of hydrogen-bond donors (Lipinski definition) is 0. The normalized spacial score (nSPS) is 16.8. The van der Waals surface area contributed by atoms with Crippen LogP contribution in [0.15, 0.2) is 65.3 Å². The fraction of sp³-hybridized carbons (Fsp3) is 0.238. The molecule has 1 aliphatic rings. The zero-order chi connectivity index (χ0) is 18.1. The van der Waals surface area contributed by atoms with E-state index >= 15 is 0 Å². The molecule has 1 atom stereocenters. The monoisotopic (exact) mass is 409 g/mol. The molecular weight excluding hydrogens is 390 g/mol. The summed E-state index contributed by atoms with van der Waals surface area (Å²) in [7, 11) is 1.86. The van der Waals surface area contributed by atoms with E-state index in [-0.39, 0.29) is 11.8 Å². The molecule has 0 radical (unpaired) electrons. The smallest absolute Gasteiger partial charge is 0.231 e. The number of para-hydroxylation sites is 2. The fourth-order valence-corrected chi connectivity index (χ4v) is 4.10. The van der Waals surface area contributed by atoms with E-state index in [1.54, 1.807) is 4.90 Å². The summed E-state index contributed by atoms with van der Waals surface area (Å²) in [5.41, 5.74) is 3.05. The highest BCUT2D eigenvalue weighted by Gasteiger charge is 2.31. The van der Waals surface area contributed by atoms with Crippen LogP contribution in [0.4, 0.5) is 11.4 Å². The first-order valence-electron chi connectivity index (χ1n) is 8.76. The van der Waals surface area contributed by atoms with Gasteiger partial charge in [-0.05, 0) is 46.6 Å². The first-order valence-corrected chi connectivity index (χ1v) is 9.55. The van der Waals surface area contributed by atoms with Crippen LogP contribution in [-0.2, 0) is 4.79 Å². The van der Waals surface area contributed by atoms with E-state index in [1.165, 1.54) is 0 Å². The van der Waals surface area contributed by atoms with Crippen LogP contribution in [0.1, 0.15) is 6.42 Å². The maximum atomic E-state index is 12.9. The lowest BCUT2D eigenvalue weighted by molar-refractivity contribution is -0.121. The molecule has 4 nitrogen and oxygen atoms in total. The van der Waals surface area contributed by atoms with Crippen molar-refractivity contribution in [3.8, 4) is 0 Å². The SMILES string of the molecule is CN(C(=O)C1CCN(c2ccnc3c(Br)cccc23)C1)c1ccccc1. The maximum Gasteiger partial charge on any atom is 0.231 e. The van der Waals surface area contributed by atoms with Gasteiger partial charge in [-0.25, -0.2) is 0 Å². The molecule has 4 rings (SSSR count). The highest BCUT2D eigenvalue weighted by Crippen LogP contribution is 2.33. The summed E-state index contributed by atoms with van der Waals surface area (Å²) in [6.07, 6.45) is 2.71. The molecule has 132 valence electrons. The third-order valence-electron chi connectivity index (χ3n) is 5.05. The average Bonchev–Trinajstić information content (AvgIpc) is 3.17. The van der Waals surface area contributed by atoms with Crippen molar-refractivity contribution in [1.82, 2.24) is 4.98 Å². The van der Waals surface area contributed by atoms with Crippen LogP contribution < -0.4 is 9.80 Å². The number of carbonyl (C=O) groups is 1. The third kappa shape index (κ3) is 3.07. The summed E-state index contributed by atoms with van der Waals surface area (Å²) >= 11 is 3.58. The second-order valence-electron chi connectivity index (χ2n) is 6.63. The van der Waals surface area contributed by atoms with Crippen molar-refractivity contribution in [3.63, 3.8) is 0 Å². The van der Waals surface area contributed by atoms with Crippen molar-refractivity contribution >= 4 is 44.1 Å². The summed E-state index contributed by atoms with van der Waals surface area (Å²) in [5.74, 6) is 0.189. The van der Waals surface area contributed by atoms with Gasteiger partial charge in [0.1, 0.15) is 0 Å². The Bertz CT molecular complexity index is 944. The van der Waals surface area contributed by atoms with Gasteiger partial charge in [-0.1, -0.05) is 30.3 Å². The van der Waals surface area contributed by atoms with Gasteiger partial charge in [0, 0.05) is 47.6 Å². The minimum atomic E-state index is 0.00979. The van der Waals surface area contributed by atoms with Crippen molar-refractivity contribution in [2.24, 2.45) is 5.92 Å². The minimum absolute atomic E-state index is 0.00979. The average molecular weight is 410 g/mol. The second-order valence-corrected chi connectivity index (χ2v) is 7.48. The second kappa shape index (κ2) is 7.08. The molecule has 3 aromatic rings.